The molecule has 0 radical (unpaired) electrons. The Morgan fingerprint density at radius 1 is 1.33 bits per heavy atom. The monoisotopic (exact) mass is 204 g/mol. The predicted molar refractivity (Wildman–Crippen MR) is 57.9 cm³/mol. The zero-order valence-corrected chi connectivity index (χ0v) is 8.74. The van der Waals surface area contributed by atoms with Gasteiger partial charge in [-0.15, -0.1) is 0 Å². The molecule has 0 aliphatic heterocycles. The largest absolute Gasteiger partial charge is 0.423 e. The van der Waals surface area contributed by atoms with Crippen molar-refractivity contribution >= 4 is 11.0 Å². The van der Waals surface area contributed by atoms with Gasteiger partial charge in [0.05, 0.1) is 6.61 Å². The topological polar surface area (TPSA) is 39.4 Å². The molecule has 3 nitrogen and oxygen atoms in total. The molecule has 0 unspecified atom stereocenters. The molecule has 0 amide bonds. The summed E-state index contributed by atoms with van der Waals surface area (Å²) in [7, 11) is 1.61. The Morgan fingerprint density at radius 2 is 2.13 bits per heavy atom. The highest BCUT2D eigenvalue weighted by atomic mass is 16.5. The summed E-state index contributed by atoms with van der Waals surface area (Å²) in [5, 5.41) is 0.932. The van der Waals surface area contributed by atoms with Crippen LogP contribution >= 0.6 is 0 Å². The molecule has 0 spiro atoms. The van der Waals surface area contributed by atoms with Gasteiger partial charge in [0.25, 0.3) is 0 Å². The van der Waals surface area contributed by atoms with Crippen LogP contribution in [0.5, 0.6) is 0 Å². The van der Waals surface area contributed by atoms with Crippen LogP contribution in [0, 0.1) is 6.92 Å². The second kappa shape index (κ2) is 3.87. The highest BCUT2D eigenvalue weighted by Gasteiger charge is 2.04. The lowest BCUT2D eigenvalue weighted by molar-refractivity contribution is 0.185. The fourth-order valence-corrected chi connectivity index (χ4v) is 1.61. The molecular weight excluding hydrogens is 192 g/mol. The van der Waals surface area contributed by atoms with E-state index in [9.17, 15) is 4.79 Å². The summed E-state index contributed by atoms with van der Waals surface area (Å²) in [6.45, 7) is 2.38. The van der Waals surface area contributed by atoms with E-state index < -0.39 is 0 Å². The number of ether oxygens (including phenoxy) is 1. The van der Waals surface area contributed by atoms with Crippen molar-refractivity contribution in [2.75, 3.05) is 7.11 Å². The van der Waals surface area contributed by atoms with Crippen LogP contribution in [-0.2, 0) is 11.3 Å². The quantitative estimate of drug-likeness (QED) is 0.704. The Labute approximate surface area is 87.3 Å². The van der Waals surface area contributed by atoms with E-state index >= 15 is 0 Å². The van der Waals surface area contributed by atoms with E-state index in [1.54, 1.807) is 7.11 Å². The zero-order valence-electron chi connectivity index (χ0n) is 8.74. The lowest BCUT2D eigenvalue weighted by Crippen LogP contribution is -2.01. The zero-order chi connectivity index (χ0) is 10.8. The van der Waals surface area contributed by atoms with Crippen LogP contribution in [0.15, 0.2) is 33.5 Å². The number of hydrogen-bond donors (Lipinski definition) is 0. The smallest absolute Gasteiger partial charge is 0.336 e. The average Bonchev–Trinajstić information content (AvgIpc) is 2.17. The molecule has 2 rings (SSSR count). The molecule has 15 heavy (non-hydrogen) atoms. The van der Waals surface area contributed by atoms with Gasteiger partial charge in [0.1, 0.15) is 5.58 Å². The van der Waals surface area contributed by atoms with Crippen molar-refractivity contribution in [3.05, 3.63) is 45.8 Å². The molecule has 0 N–H and O–H groups in total. The Morgan fingerprint density at radius 3 is 2.87 bits per heavy atom. The van der Waals surface area contributed by atoms with Crippen LogP contribution in [0.2, 0.25) is 0 Å². The van der Waals surface area contributed by atoms with Crippen molar-refractivity contribution in [1.82, 2.24) is 0 Å². The normalized spacial score (nSPS) is 10.8. The minimum Gasteiger partial charge on any atom is -0.423 e. The number of hydrogen-bond acceptors (Lipinski definition) is 3. The summed E-state index contributed by atoms with van der Waals surface area (Å²) in [5.74, 6) is 0. The van der Waals surface area contributed by atoms with E-state index in [0.717, 1.165) is 16.5 Å². The fraction of sp³-hybridized carbons (Fsp3) is 0.250. The van der Waals surface area contributed by atoms with Gasteiger partial charge in [0.15, 0.2) is 0 Å². The van der Waals surface area contributed by atoms with Gasteiger partial charge >= 0.3 is 5.63 Å². The summed E-state index contributed by atoms with van der Waals surface area (Å²) in [6, 6.07) is 7.26. The molecule has 0 atom stereocenters. The maximum Gasteiger partial charge on any atom is 0.336 e. The Kier molecular flexibility index (Phi) is 2.56. The molecule has 0 bridgehead atoms. The molecule has 0 saturated carbocycles. The third-order valence-electron chi connectivity index (χ3n) is 2.29. The molecule has 0 aliphatic rings. The van der Waals surface area contributed by atoms with E-state index in [1.165, 1.54) is 6.07 Å². The number of benzene rings is 1. The van der Waals surface area contributed by atoms with Gasteiger partial charge in [-0.2, -0.15) is 0 Å². The van der Waals surface area contributed by atoms with Crippen molar-refractivity contribution in [1.29, 1.82) is 0 Å². The van der Waals surface area contributed by atoms with Gasteiger partial charge in [-0.3, -0.25) is 0 Å². The van der Waals surface area contributed by atoms with E-state index in [1.807, 2.05) is 25.1 Å². The third-order valence-corrected chi connectivity index (χ3v) is 2.29. The second-order valence-corrected chi connectivity index (χ2v) is 3.52. The average molecular weight is 204 g/mol. The summed E-state index contributed by atoms with van der Waals surface area (Å²) in [5.41, 5.74) is 2.22. The third kappa shape index (κ3) is 1.92. The number of rotatable bonds is 2. The standard InChI is InChI=1S/C12H12O3/c1-8-3-4-10-9(7-14-2)6-12(13)15-11(10)5-8/h3-6H,7H2,1-2H3. The first-order valence-corrected chi connectivity index (χ1v) is 4.73. The van der Waals surface area contributed by atoms with E-state index in [2.05, 4.69) is 0 Å². The lowest BCUT2D eigenvalue weighted by Gasteiger charge is -2.04. The van der Waals surface area contributed by atoms with Crippen LogP contribution in [0.4, 0.5) is 0 Å². The van der Waals surface area contributed by atoms with Gasteiger partial charge in [0.2, 0.25) is 0 Å². The Bertz CT molecular complexity index is 540. The molecule has 1 aromatic carbocycles. The molecule has 3 heteroatoms. The molecule has 1 heterocycles. The first-order valence-electron chi connectivity index (χ1n) is 4.73. The van der Waals surface area contributed by atoms with Crippen molar-refractivity contribution < 1.29 is 9.15 Å². The van der Waals surface area contributed by atoms with Crippen molar-refractivity contribution in [2.45, 2.75) is 13.5 Å². The minimum absolute atomic E-state index is 0.333. The van der Waals surface area contributed by atoms with Gasteiger partial charge in [-0.1, -0.05) is 12.1 Å². The number of aryl methyl sites for hydroxylation is 1. The van der Waals surface area contributed by atoms with Gasteiger partial charge in [-0.05, 0) is 24.1 Å². The number of methoxy groups -OCH3 is 1. The van der Waals surface area contributed by atoms with Crippen molar-refractivity contribution in [3.8, 4) is 0 Å². The van der Waals surface area contributed by atoms with Gasteiger partial charge in [0, 0.05) is 18.6 Å². The molecule has 78 valence electrons. The van der Waals surface area contributed by atoms with E-state index in [0.29, 0.717) is 12.2 Å². The predicted octanol–water partition coefficient (Wildman–Crippen LogP) is 2.25. The van der Waals surface area contributed by atoms with Crippen LogP contribution < -0.4 is 5.63 Å². The Balaban J connectivity index is 2.74. The Hall–Kier alpha value is -1.61. The summed E-state index contributed by atoms with van der Waals surface area (Å²) < 4.78 is 10.2. The summed E-state index contributed by atoms with van der Waals surface area (Å²) >= 11 is 0. The number of fused-ring (bicyclic) bond motifs is 1. The van der Waals surface area contributed by atoms with E-state index in [-0.39, 0.29) is 5.63 Å². The first-order chi connectivity index (χ1) is 7.20. The molecule has 1 aromatic heterocycles. The summed E-state index contributed by atoms with van der Waals surface area (Å²) in [4.78, 5) is 11.3. The molecule has 0 saturated heterocycles. The SMILES string of the molecule is COCc1cc(=O)oc2cc(C)ccc12. The molecular formula is C12H12O3. The van der Waals surface area contributed by atoms with Gasteiger partial charge < -0.3 is 9.15 Å². The van der Waals surface area contributed by atoms with Crippen LogP contribution in [0.25, 0.3) is 11.0 Å². The van der Waals surface area contributed by atoms with Crippen LogP contribution in [0.3, 0.4) is 0 Å². The van der Waals surface area contributed by atoms with Gasteiger partial charge in [-0.25, -0.2) is 4.79 Å². The summed E-state index contributed by atoms with van der Waals surface area (Å²) in [6.07, 6.45) is 0. The maximum absolute atomic E-state index is 11.3. The van der Waals surface area contributed by atoms with Crippen LogP contribution in [-0.4, -0.2) is 7.11 Å². The molecule has 0 aliphatic carbocycles. The molecule has 2 aromatic rings. The second-order valence-electron chi connectivity index (χ2n) is 3.52. The molecule has 0 fully saturated rings. The van der Waals surface area contributed by atoms with E-state index in [4.69, 9.17) is 9.15 Å². The fourth-order valence-electron chi connectivity index (χ4n) is 1.61. The minimum atomic E-state index is -0.333. The lowest BCUT2D eigenvalue weighted by atomic mass is 10.1. The first kappa shape index (κ1) is 9.93. The highest BCUT2D eigenvalue weighted by molar-refractivity contribution is 5.80. The van der Waals surface area contributed by atoms with Crippen molar-refractivity contribution in [3.63, 3.8) is 0 Å². The highest BCUT2D eigenvalue weighted by Crippen LogP contribution is 2.18. The van der Waals surface area contributed by atoms with Crippen LogP contribution in [0.1, 0.15) is 11.1 Å². The van der Waals surface area contributed by atoms with Crippen molar-refractivity contribution in [2.24, 2.45) is 0 Å². The maximum atomic E-state index is 11.3.